The van der Waals surface area contributed by atoms with Crippen LogP contribution in [0.2, 0.25) is 0 Å². The molecule has 2 heterocycles. The molecule has 0 atom stereocenters. The highest BCUT2D eigenvalue weighted by atomic mass is 32.1. The Kier molecular flexibility index (Phi) is 6.82. The normalized spacial score (nSPS) is 15.7. The molecule has 2 N–H and O–H groups in total. The van der Waals surface area contributed by atoms with Crippen LogP contribution >= 0.6 is 11.3 Å². The molecule has 2 rings (SSSR count). The highest BCUT2D eigenvalue weighted by Crippen LogP contribution is 2.22. The SMILES string of the molecule is CNc1nc(C(=O)N(CCO)C2CCN(C(=O)OC(C)(C)C)CC2)cs1. The summed E-state index contributed by atoms with van der Waals surface area (Å²) in [5.41, 5.74) is -0.148. The molecule has 0 aromatic carbocycles. The maximum Gasteiger partial charge on any atom is 0.410 e. The number of hydrogen-bond acceptors (Lipinski definition) is 7. The molecule has 0 saturated carbocycles. The number of carbonyl (C=O) groups excluding carboxylic acids is 2. The first kappa shape index (κ1) is 20.4. The zero-order valence-electron chi connectivity index (χ0n) is 15.8. The number of rotatable bonds is 5. The summed E-state index contributed by atoms with van der Waals surface area (Å²) in [5, 5.41) is 14.7. The summed E-state index contributed by atoms with van der Waals surface area (Å²) >= 11 is 1.37. The van der Waals surface area contributed by atoms with Gasteiger partial charge < -0.3 is 25.0 Å². The summed E-state index contributed by atoms with van der Waals surface area (Å²) in [7, 11) is 1.75. The highest BCUT2D eigenvalue weighted by molar-refractivity contribution is 7.13. The Hall–Kier alpha value is -1.87. The van der Waals surface area contributed by atoms with Crippen LogP contribution in [0.25, 0.3) is 0 Å². The van der Waals surface area contributed by atoms with Gasteiger partial charge in [-0.1, -0.05) is 0 Å². The van der Waals surface area contributed by atoms with E-state index in [1.807, 2.05) is 20.8 Å². The second kappa shape index (κ2) is 8.68. The van der Waals surface area contributed by atoms with Crippen LogP contribution in [-0.2, 0) is 4.74 Å². The zero-order valence-corrected chi connectivity index (χ0v) is 16.6. The minimum absolute atomic E-state index is 0.0342. The Balaban J connectivity index is 1.99. The van der Waals surface area contributed by atoms with Crippen LogP contribution in [0.3, 0.4) is 0 Å². The zero-order chi connectivity index (χ0) is 19.3. The number of amides is 2. The van der Waals surface area contributed by atoms with Crippen LogP contribution in [-0.4, -0.2) is 76.8 Å². The summed E-state index contributed by atoms with van der Waals surface area (Å²) in [5.74, 6) is -0.187. The number of aliphatic hydroxyl groups is 1. The van der Waals surface area contributed by atoms with Gasteiger partial charge in [0.25, 0.3) is 5.91 Å². The van der Waals surface area contributed by atoms with Crippen LogP contribution < -0.4 is 5.32 Å². The first-order chi connectivity index (χ1) is 12.2. The van der Waals surface area contributed by atoms with Gasteiger partial charge in [0.05, 0.1) is 6.61 Å². The van der Waals surface area contributed by atoms with Gasteiger partial charge in [0.2, 0.25) is 0 Å². The minimum Gasteiger partial charge on any atom is -0.444 e. The first-order valence-electron chi connectivity index (χ1n) is 8.78. The second-order valence-corrected chi connectivity index (χ2v) is 8.07. The summed E-state index contributed by atoms with van der Waals surface area (Å²) in [6.07, 6.45) is 0.969. The van der Waals surface area contributed by atoms with Crippen LogP contribution in [0.5, 0.6) is 0 Å². The standard InChI is InChI=1S/C17H28N4O4S/c1-17(2,3)25-16(24)20-7-5-12(6-8-20)21(9-10-22)14(23)13-11-26-15(18-4)19-13/h11-12,22H,5-10H2,1-4H3,(H,18,19). The van der Waals surface area contributed by atoms with E-state index in [1.165, 1.54) is 11.3 Å². The Morgan fingerprint density at radius 2 is 2.08 bits per heavy atom. The van der Waals surface area contributed by atoms with Gasteiger partial charge in [-0.3, -0.25) is 4.79 Å². The van der Waals surface area contributed by atoms with E-state index in [9.17, 15) is 14.7 Å². The smallest absolute Gasteiger partial charge is 0.410 e. The molecule has 1 saturated heterocycles. The van der Waals surface area contributed by atoms with Gasteiger partial charge in [0.15, 0.2) is 5.13 Å². The fraction of sp³-hybridized carbons (Fsp3) is 0.706. The maximum atomic E-state index is 12.8. The molecule has 1 fully saturated rings. The van der Waals surface area contributed by atoms with Gasteiger partial charge in [-0.2, -0.15) is 0 Å². The molecule has 8 nitrogen and oxygen atoms in total. The van der Waals surface area contributed by atoms with E-state index in [0.717, 1.165) is 0 Å². The molecule has 1 aliphatic rings. The Bertz CT molecular complexity index is 621. The molecular weight excluding hydrogens is 356 g/mol. The van der Waals surface area contributed by atoms with Gasteiger partial charge in [-0.25, -0.2) is 9.78 Å². The number of aliphatic hydroxyl groups excluding tert-OH is 1. The van der Waals surface area contributed by atoms with Crippen molar-refractivity contribution in [2.24, 2.45) is 0 Å². The van der Waals surface area contributed by atoms with E-state index in [4.69, 9.17) is 4.74 Å². The van der Waals surface area contributed by atoms with Gasteiger partial charge >= 0.3 is 6.09 Å². The summed E-state index contributed by atoms with van der Waals surface area (Å²) in [6, 6.07) is -0.0342. The predicted molar refractivity (Wildman–Crippen MR) is 101 cm³/mol. The fourth-order valence-corrected chi connectivity index (χ4v) is 3.52. The van der Waals surface area contributed by atoms with Crippen molar-refractivity contribution >= 4 is 28.5 Å². The molecule has 9 heteroatoms. The van der Waals surface area contributed by atoms with Gasteiger partial charge in [-0.05, 0) is 33.6 Å². The average Bonchev–Trinajstić information content (AvgIpc) is 3.07. The summed E-state index contributed by atoms with van der Waals surface area (Å²) < 4.78 is 5.40. The molecular formula is C17H28N4O4S. The lowest BCUT2D eigenvalue weighted by Crippen LogP contribution is -2.50. The molecule has 1 aromatic heterocycles. The average molecular weight is 385 g/mol. The van der Waals surface area contributed by atoms with Gasteiger partial charge in [0, 0.05) is 38.1 Å². The molecule has 146 valence electrons. The van der Waals surface area contributed by atoms with Crippen LogP contribution in [0.4, 0.5) is 9.93 Å². The lowest BCUT2D eigenvalue weighted by Gasteiger charge is -2.38. The van der Waals surface area contributed by atoms with Crippen molar-refractivity contribution in [2.75, 3.05) is 38.6 Å². The molecule has 0 spiro atoms. The minimum atomic E-state index is -0.525. The Labute approximate surface area is 158 Å². The van der Waals surface area contributed by atoms with Crippen molar-refractivity contribution in [3.8, 4) is 0 Å². The number of piperidine rings is 1. The Morgan fingerprint density at radius 3 is 2.58 bits per heavy atom. The predicted octanol–water partition coefficient (Wildman–Crippen LogP) is 2.02. The maximum absolute atomic E-state index is 12.8. The van der Waals surface area contributed by atoms with E-state index >= 15 is 0 Å². The molecule has 0 unspecified atom stereocenters. The lowest BCUT2D eigenvalue weighted by molar-refractivity contribution is 0.0136. The van der Waals surface area contributed by atoms with Crippen molar-refractivity contribution in [1.29, 1.82) is 0 Å². The number of ether oxygens (including phenoxy) is 1. The summed E-state index contributed by atoms with van der Waals surface area (Å²) in [4.78, 5) is 32.6. The van der Waals surface area contributed by atoms with Crippen molar-refractivity contribution in [3.63, 3.8) is 0 Å². The molecule has 1 aromatic rings. The number of nitrogens with zero attached hydrogens (tertiary/aromatic N) is 3. The van der Waals surface area contributed by atoms with E-state index in [1.54, 1.807) is 22.2 Å². The van der Waals surface area contributed by atoms with Crippen molar-refractivity contribution in [3.05, 3.63) is 11.1 Å². The van der Waals surface area contributed by atoms with E-state index < -0.39 is 5.60 Å². The molecule has 0 radical (unpaired) electrons. The third-order valence-electron chi connectivity index (χ3n) is 4.10. The van der Waals surface area contributed by atoms with Crippen molar-refractivity contribution < 1.29 is 19.4 Å². The van der Waals surface area contributed by atoms with Crippen molar-refractivity contribution in [1.82, 2.24) is 14.8 Å². The number of carbonyl (C=O) groups is 2. The number of likely N-dealkylation sites (tertiary alicyclic amines) is 1. The number of nitrogens with one attached hydrogen (secondary N) is 1. The quantitative estimate of drug-likeness (QED) is 0.806. The highest BCUT2D eigenvalue weighted by Gasteiger charge is 2.32. The number of anilines is 1. The van der Waals surface area contributed by atoms with E-state index in [0.29, 0.717) is 36.8 Å². The lowest BCUT2D eigenvalue weighted by atomic mass is 10.0. The monoisotopic (exact) mass is 384 g/mol. The largest absolute Gasteiger partial charge is 0.444 e. The van der Waals surface area contributed by atoms with E-state index in [-0.39, 0.29) is 31.2 Å². The second-order valence-electron chi connectivity index (χ2n) is 7.21. The topological polar surface area (TPSA) is 95.0 Å². The number of thiazole rings is 1. The third-order valence-corrected chi connectivity index (χ3v) is 4.96. The summed E-state index contributed by atoms with van der Waals surface area (Å²) in [6.45, 7) is 6.70. The molecule has 0 aliphatic carbocycles. The van der Waals surface area contributed by atoms with E-state index in [2.05, 4.69) is 10.3 Å². The fourth-order valence-electron chi connectivity index (χ4n) is 2.88. The third kappa shape index (κ3) is 5.31. The van der Waals surface area contributed by atoms with Crippen LogP contribution in [0.1, 0.15) is 44.1 Å². The van der Waals surface area contributed by atoms with Crippen LogP contribution in [0, 0.1) is 0 Å². The van der Waals surface area contributed by atoms with Gasteiger partial charge in [-0.15, -0.1) is 11.3 Å². The van der Waals surface area contributed by atoms with Crippen molar-refractivity contribution in [2.45, 2.75) is 45.3 Å². The number of aromatic nitrogens is 1. The molecule has 1 aliphatic heterocycles. The molecule has 2 amide bonds. The van der Waals surface area contributed by atoms with Crippen LogP contribution in [0.15, 0.2) is 5.38 Å². The first-order valence-corrected chi connectivity index (χ1v) is 9.66. The van der Waals surface area contributed by atoms with Gasteiger partial charge in [0.1, 0.15) is 11.3 Å². The molecule has 0 bridgehead atoms. The molecule has 26 heavy (non-hydrogen) atoms. The number of hydrogen-bond donors (Lipinski definition) is 2. The Morgan fingerprint density at radius 1 is 1.42 bits per heavy atom.